The van der Waals surface area contributed by atoms with Gasteiger partial charge in [0, 0.05) is 18.2 Å². The van der Waals surface area contributed by atoms with Crippen LogP contribution in [0.5, 0.6) is 0 Å². The number of nitrogens with zero attached hydrogens (tertiary/aromatic N) is 2. The minimum atomic E-state index is -0.252. The van der Waals surface area contributed by atoms with Gasteiger partial charge in [0.25, 0.3) is 5.91 Å². The topological polar surface area (TPSA) is 68.0 Å². The third-order valence-corrected chi connectivity index (χ3v) is 3.41. The molecule has 1 amide bonds. The molecule has 0 aromatic carbocycles. The van der Waals surface area contributed by atoms with Crippen molar-refractivity contribution in [3.05, 3.63) is 41.4 Å². The van der Waals surface area contributed by atoms with Crippen LogP contribution < -0.4 is 5.32 Å². The Bertz CT molecular complexity index is 592. The Labute approximate surface area is 111 Å². The number of anilines is 1. The average Bonchev–Trinajstić information content (AvgIpc) is 2.82. The van der Waals surface area contributed by atoms with Crippen molar-refractivity contribution in [3.63, 3.8) is 0 Å². The predicted octanol–water partition coefficient (Wildman–Crippen LogP) is 2.45. The van der Waals surface area contributed by atoms with Crippen LogP contribution in [0.15, 0.2) is 28.9 Å². The van der Waals surface area contributed by atoms with Gasteiger partial charge in [0.2, 0.25) is 0 Å². The summed E-state index contributed by atoms with van der Waals surface area (Å²) >= 11 is 0. The molecule has 0 saturated carbocycles. The Morgan fingerprint density at radius 1 is 1.47 bits per heavy atom. The summed E-state index contributed by atoms with van der Waals surface area (Å²) in [5, 5.41) is 6.65. The molecule has 2 aromatic heterocycles. The van der Waals surface area contributed by atoms with Gasteiger partial charge in [-0.2, -0.15) is 0 Å². The Morgan fingerprint density at radius 2 is 2.37 bits per heavy atom. The molecule has 1 aliphatic carbocycles. The highest BCUT2D eigenvalue weighted by Crippen LogP contribution is 2.28. The minimum Gasteiger partial charge on any atom is -0.360 e. The Hall–Kier alpha value is -2.17. The highest BCUT2D eigenvalue weighted by molar-refractivity contribution is 6.03. The first-order valence-corrected chi connectivity index (χ1v) is 6.44. The summed E-state index contributed by atoms with van der Waals surface area (Å²) in [7, 11) is 0. The van der Waals surface area contributed by atoms with E-state index in [0.29, 0.717) is 17.4 Å². The molecule has 5 heteroatoms. The van der Waals surface area contributed by atoms with Gasteiger partial charge in [0.05, 0.1) is 0 Å². The third kappa shape index (κ3) is 2.36. The largest absolute Gasteiger partial charge is 0.360 e. The summed E-state index contributed by atoms with van der Waals surface area (Å²) in [5.41, 5.74) is 1.35. The summed E-state index contributed by atoms with van der Waals surface area (Å²) in [6, 6.07) is 5.37. The second-order valence-electron chi connectivity index (χ2n) is 4.95. The summed E-state index contributed by atoms with van der Waals surface area (Å²) in [5.74, 6) is 1.68. The van der Waals surface area contributed by atoms with Gasteiger partial charge in [-0.1, -0.05) is 18.1 Å². The van der Waals surface area contributed by atoms with Crippen LogP contribution in [0.25, 0.3) is 0 Å². The van der Waals surface area contributed by atoms with Gasteiger partial charge < -0.3 is 9.84 Å². The zero-order valence-corrected chi connectivity index (χ0v) is 10.7. The first-order valence-electron chi connectivity index (χ1n) is 6.44. The fraction of sp³-hybridized carbons (Fsp3) is 0.357. The molecule has 2 aromatic rings. The molecule has 3 rings (SSSR count). The monoisotopic (exact) mass is 257 g/mol. The number of aryl methyl sites for hydroxylation is 1. The van der Waals surface area contributed by atoms with Crippen LogP contribution in [0, 0.1) is 5.92 Å². The summed E-state index contributed by atoms with van der Waals surface area (Å²) in [6.45, 7) is 2.18. The van der Waals surface area contributed by atoms with Crippen molar-refractivity contribution >= 4 is 11.7 Å². The molecule has 0 saturated heterocycles. The van der Waals surface area contributed by atoms with Gasteiger partial charge >= 0.3 is 0 Å². The van der Waals surface area contributed by atoms with E-state index in [1.165, 1.54) is 0 Å². The Morgan fingerprint density at radius 3 is 3.16 bits per heavy atom. The molecule has 5 nitrogen and oxygen atoms in total. The van der Waals surface area contributed by atoms with Crippen LogP contribution in [0.4, 0.5) is 5.82 Å². The van der Waals surface area contributed by atoms with E-state index in [1.54, 1.807) is 18.3 Å². The number of rotatable bonds is 2. The van der Waals surface area contributed by atoms with Crippen LogP contribution >= 0.6 is 0 Å². The second kappa shape index (κ2) is 4.84. The molecule has 0 fully saturated rings. The van der Waals surface area contributed by atoms with Crippen molar-refractivity contribution in [2.24, 2.45) is 5.92 Å². The first-order chi connectivity index (χ1) is 9.24. The number of carbonyl (C=O) groups excluding carboxylic acids is 1. The number of aromatic nitrogens is 2. The van der Waals surface area contributed by atoms with Crippen LogP contribution in [0.3, 0.4) is 0 Å². The van der Waals surface area contributed by atoms with Crippen LogP contribution in [0.2, 0.25) is 0 Å². The van der Waals surface area contributed by atoms with Crippen molar-refractivity contribution in [1.29, 1.82) is 0 Å². The molecule has 0 unspecified atom stereocenters. The molecule has 0 aliphatic heterocycles. The second-order valence-corrected chi connectivity index (χ2v) is 4.95. The predicted molar refractivity (Wildman–Crippen MR) is 69.9 cm³/mol. The van der Waals surface area contributed by atoms with E-state index in [2.05, 4.69) is 22.4 Å². The fourth-order valence-corrected chi connectivity index (χ4v) is 2.37. The number of carbonyl (C=O) groups is 1. The van der Waals surface area contributed by atoms with E-state index in [-0.39, 0.29) is 5.91 Å². The van der Waals surface area contributed by atoms with E-state index in [9.17, 15) is 4.79 Å². The number of pyridine rings is 1. The first kappa shape index (κ1) is 11.9. The number of amides is 1. The van der Waals surface area contributed by atoms with Crippen molar-refractivity contribution in [2.75, 3.05) is 5.32 Å². The van der Waals surface area contributed by atoms with Gasteiger partial charge in [-0.25, -0.2) is 4.98 Å². The van der Waals surface area contributed by atoms with Crippen molar-refractivity contribution in [2.45, 2.75) is 26.2 Å². The molecule has 0 bridgehead atoms. The van der Waals surface area contributed by atoms with E-state index < -0.39 is 0 Å². The molecular formula is C14H15N3O2. The molecular weight excluding hydrogens is 242 g/mol. The van der Waals surface area contributed by atoms with Crippen LogP contribution in [0.1, 0.15) is 35.2 Å². The normalized spacial score (nSPS) is 17.8. The highest BCUT2D eigenvalue weighted by atomic mass is 16.5. The zero-order chi connectivity index (χ0) is 13.2. The third-order valence-electron chi connectivity index (χ3n) is 3.41. The maximum Gasteiger partial charge on any atom is 0.279 e. The van der Waals surface area contributed by atoms with E-state index in [0.717, 1.165) is 30.6 Å². The highest BCUT2D eigenvalue weighted by Gasteiger charge is 2.26. The lowest BCUT2D eigenvalue weighted by atomic mass is 9.88. The lowest BCUT2D eigenvalue weighted by Crippen LogP contribution is -2.18. The van der Waals surface area contributed by atoms with E-state index in [1.807, 2.05) is 6.07 Å². The molecule has 1 N–H and O–H groups in total. The Balaban J connectivity index is 1.83. The minimum absolute atomic E-state index is 0.252. The Kier molecular flexibility index (Phi) is 3.03. The number of hydrogen-bond acceptors (Lipinski definition) is 4. The fourth-order valence-electron chi connectivity index (χ4n) is 2.37. The van der Waals surface area contributed by atoms with Crippen LogP contribution in [-0.2, 0) is 12.8 Å². The molecule has 1 atom stereocenters. The molecule has 0 radical (unpaired) electrons. The SMILES string of the molecule is C[C@H]1CCc2onc(C(=O)Nc3ccccn3)c2C1. The maximum atomic E-state index is 12.2. The number of nitrogens with one attached hydrogen (secondary N) is 1. The summed E-state index contributed by atoms with van der Waals surface area (Å²) in [4.78, 5) is 16.2. The zero-order valence-electron chi connectivity index (χ0n) is 10.7. The number of fused-ring (bicyclic) bond motifs is 1. The van der Waals surface area contributed by atoms with Crippen molar-refractivity contribution < 1.29 is 9.32 Å². The van der Waals surface area contributed by atoms with Crippen molar-refractivity contribution in [1.82, 2.24) is 10.1 Å². The lowest BCUT2D eigenvalue weighted by Gasteiger charge is -2.16. The van der Waals surface area contributed by atoms with Gasteiger partial charge in [-0.15, -0.1) is 0 Å². The van der Waals surface area contributed by atoms with E-state index >= 15 is 0 Å². The van der Waals surface area contributed by atoms with Gasteiger partial charge in [0.15, 0.2) is 5.69 Å². The molecule has 19 heavy (non-hydrogen) atoms. The summed E-state index contributed by atoms with van der Waals surface area (Å²) < 4.78 is 5.26. The molecule has 1 aliphatic rings. The number of hydrogen-bond donors (Lipinski definition) is 1. The smallest absolute Gasteiger partial charge is 0.279 e. The standard InChI is InChI=1S/C14H15N3O2/c1-9-5-6-11-10(8-9)13(17-19-11)14(18)16-12-4-2-3-7-15-12/h2-4,7,9H,5-6,8H2,1H3,(H,15,16,18)/t9-/m0/s1. The summed E-state index contributed by atoms with van der Waals surface area (Å²) in [6.07, 6.45) is 4.43. The lowest BCUT2D eigenvalue weighted by molar-refractivity contribution is 0.101. The van der Waals surface area contributed by atoms with E-state index in [4.69, 9.17) is 4.52 Å². The van der Waals surface area contributed by atoms with Crippen LogP contribution in [-0.4, -0.2) is 16.0 Å². The molecule has 98 valence electrons. The van der Waals surface area contributed by atoms with Crippen molar-refractivity contribution in [3.8, 4) is 0 Å². The molecule has 2 heterocycles. The molecule has 0 spiro atoms. The quantitative estimate of drug-likeness (QED) is 0.897. The maximum absolute atomic E-state index is 12.2. The van der Waals surface area contributed by atoms with Gasteiger partial charge in [0.1, 0.15) is 11.6 Å². The van der Waals surface area contributed by atoms with Gasteiger partial charge in [-0.3, -0.25) is 4.79 Å². The van der Waals surface area contributed by atoms with Gasteiger partial charge in [-0.05, 0) is 30.9 Å². The average molecular weight is 257 g/mol.